The maximum Gasteiger partial charge on any atom is 0.305 e. The van der Waals surface area contributed by atoms with Crippen LogP contribution >= 0.6 is 0 Å². The van der Waals surface area contributed by atoms with Crippen molar-refractivity contribution in [3.8, 4) is 0 Å². The van der Waals surface area contributed by atoms with E-state index in [0.29, 0.717) is 0 Å². The maximum atomic E-state index is 10.1. The lowest BCUT2D eigenvalue weighted by atomic mass is 10.2. The van der Waals surface area contributed by atoms with E-state index in [4.69, 9.17) is 21.7 Å². The lowest BCUT2D eigenvalue weighted by Gasteiger charge is -2.00. The fourth-order valence-electron chi connectivity index (χ4n) is 0.577. The summed E-state index contributed by atoms with van der Waals surface area (Å²) < 4.78 is 0. The molecule has 1 unspecified atom stereocenters. The lowest BCUT2D eigenvalue weighted by molar-refractivity contribution is -0.139. The van der Waals surface area contributed by atoms with Crippen molar-refractivity contribution in [2.24, 2.45) is 22.9 Å². The maximum absolute atomic E-state index is 10.1. The molecule has 0 aromatic heterocycles. The van der Waals surface area contributed by atoms with Gasteiger partial charge in [0, 0.05) is 0 Å². The van der Waals surface area contributed by atoms with Gasteiger partial charge >= 0.3 is 11.9 Å². The summed E-state index contributed by atoms with van der Waals surface area (Å²) >= 11 is 0. The molecule has 18 heavy (non-hydrogen) atoms. The molecule has 0 bridgehead atoms. The van der Waals surface area contributed by atoms with Gasteiger partial charge in [0.2, 0.25) is 11.8 Å². The fourth-order valence-corrected chi connectivity index (χ4v) is 0.577. The predicted octanol–water partition coefficient (Wildman–Crippen LogP) is -3.45. The van der Waals surface area contributed by atoms with Crippen molar-refractivity contribution in [1.29, 1.82) is 0 Å². The number of nitrogens with two attached hydrogens (primary N) is 4. The molecule has 104 valence electrons. The molecule has 0 heterocycles. The van der Waals surface area contributed by atoms with Crippen molar-refractivity contribution in [3.05, 3.63) is 0 Å². The van der Waals surface area contributed by atoms with Gasteiger partial charge in [0.05, 0.1) is 24.9 Å². The van der Waals surface area contributed by atoms with Gasteiger partial charge in [0.25, 0.3) is 0 Å². The van der Waals surface area contributed by atoms with Gasteiger partial charge in [-0.05, 0) is 0 Å². The molecule has 10 heteroatoms. The summed E-state index contributed by atoms with van der Waals surface area (Å²) in [5, 5.41) is 16.1. The Morgan fingerprint density at radius 2 is 1.00 bits per heavy atom. The highest BCUT2D eigenvalue weighted by molar-refractivity contribution is 5.84. The zero-order chi connectivity index (χ0) is 14.9. The van der Waals surface area contributed by atoms with Gasteiger partial charge in [-0.3, -0.25) is 19.2 Å². The lowest BCUT2D eigenvalue weighted by Crippen LogP contribution is -2.38. The van der Waals surface area contributed by atoms with Crippen molar-refractivity contribution < 1.29 is 29.4 Å². The number of carbonyl (C=O) groups is 4. The van der Waals surface area contributed by atoms with Crippen LogP contribution in [-0.2, 0) is 19.2 Å². The SMILES string of the molecule is NC(=O)C(N)CC(=O)O.NC(=O)[C@@H](N)CC(=O)O. The van der Waals surface area contributed by atoms with Gasteiger partial charge in [-0.25, -0.2) is 0 Å². The standard InChI is InChI=1S/2C4H8N2O3/c2*5-2(4(6)9)1-3(7)8/h2*2H,1,5H2,(H2,6,9)(H,7,8)/t2-;/m0./s1. The van der Waals surface area contributed by atoms with E-state index in [1.807, 2.05) is 0 Å². The average Bonchev–Trinajstić information content (AvgIpc) is 2.16. The first-order valence-corrected chi connectivity index (χ1v) is 4.61. The Hall–Kier alpha value is -2.20. The summed E-state index contributed by atoms with van der Waals surface area (Å²) in [6.45, 7) is 0. The van der Waals surface area contributed by atoms with E-state index in [-0.39, 0.29) is 0 Å². The third-order valence-electron chi connectivity index (χ3n) is 1.52. The Morgan fingerprint density at radius 3 is 1.06 bits per heavy atom. The molecule has 0 spiro atoms. The molecule has 2 amide bonds. The second kappa shape index (κ2) is 8.90. The quantitative estimate of drug-likeness (QED) is 0.283. The average molecular weight is 264 g/mol. The molecule has 10 nitrogen and oxygen atoms in total. The molecule has 0 fully saturated rings. The number of carboxylic acid groups (broad SMARTS) is 2. The summed E-state index contributed by atoms with van der Waals surface area (Å²) in [5.74, 6) is -3.84. The number of amides is 2. The number of hydrogen-bond acceptors (Lipinski definition) is 6. The fraction of sp³-hybridized carbons (Fsp3) is 0.500. The van der Waals surface area contributed by atoms with Crippen LogP contribution in [0.2, 0.25) is 0 Å². The van der Waals surface area contributed by atoms with Crippen LogP contribution in [0.5, 0.6) is 0 Å². The molecule has 2 atom stereocenters. The molecule has 0 aromatic carbocycles. The number of carboxylic acids is 2. The van der Waals surface area contributed by atoms with E-state index in [1.165, 1.54) is 0 Å². The molecule has 10 N–H and O–H groups in total. The number of aliphatic carboxylic acids is 2. The van der Waals surface area contributed by atoms with Crippen LogP contribution in [0, 0.1) is 0 Å². The highest BCUT2D eigenvalue weighted by atomic mass is 16.4. The minimum absolute atomic E-state index is 0.407. The van der Waals surface area contributed by atoms with Crippen LogP contribution in [0.25, 0.3) is 0 Å². The molecule has 0 saturated carbocycles. The van der Waals surface area contributed by atoms with Crippen LogP contribution in [0.3, 0.4) is 0 Å². The molecule has 0 aromatic rings. The molecule has 0 rings (SSSR count). The van der Waals surface area contributed by atoms with Crippen LogP contribution in [-0.4, -0.2) is 46.0 Å². The van der Waals surface area contributed by atoms with Crippen LogP contribution in [0.15, 0.2) is 0 Å². The first-order valence-electron chi connectivity index (χ1n) is 4.61. The van der Waals surface area contributed by atoms with Crippen LogP contribution < -0.4 is 22.9 Å². The summed E-state index contributed by atoms with van der Waals surface area (Å²) in [6.07, 6.45) is -0.815. The number of primary amides is 2. The minimum atomic E-state index is -1.12. The third kappa shape index (κ3) is 11.9. The normalized spacial score (nSPS) is 12.6. The van der Waals surface area contributed by atoms with E-state index >= 15 is 0 Å². The van der Waals surface area contributed by atoms with Gasteiger partial charge in [0.15, 0.2) is 0 Å². The first kappa shape index (κ1) is 18.2. The zero-order valence-electron chi connectivity index (χ0n) is 9.41. The van der Waals surface area contributed by atoms with Gasteiger partial charge in [-0.1, -0.05) is 0 Å². The summed E-state index contributed by atoms with van der Waals surface area (Å²) in [7, 11) is 0. The summed E-state index contributed by atoms with van der Waals surface area (Å²) in [4.78, 5) is 39.8. The molecule has 0 aliphatic heterocycles. The van der Waals surface area contributed by atoms with Crippen molar-refractivity contribution in [2.75, 3.05) is 0 Å². The molecular weight excluding hydrogens is 248 g/mol. The molecule has 0 aliphatic carbocycles. The highest BCUT2D eigenvalue weighted by Gasteiger charge is 2.12. The number of carbonyl (C=O) groups excluding carboxylic acids is 2. The second-order valence-electron chi connectivity index (χ2n) is 3.21. The van der Waals surface area contributed by atoms with Crippen molar-refractivity contribution in [1.82, 2.24) is 0 Å². The highest BCUT2D eigenvalue weighted by Crippen LogP contribution is 1.85. The third-order valence-corrected chi connectivity index (χ3v) is 1.52. The van der Waals surface area contributed by atoms with E-state index in [2.05, 4.69) is 11.5 Å². The Morgan fingerprint density at radius 1 is 0.778 bits per heavy atom. The van der Waals surface area contributed by atoms with E-state index in [0.717, 1.165) is 0 Å². The summed E-state index contributed by atoms with van der Waals surface area (Å²) in [6, 6.07) is -2.13. The molecule has 0 radical (unpaired) electrons. The smallest absolute Gasteiger partial charge is 0.305 e. The molecule has 0 aliphatic rings. The van der Waals surface area contributed by atoms with Crippen molar-refractivity contribution >= 4 is 23.8 Å². The van der Waals surface area contributed by atoms with Crippen LogP contribution in [0.4, 0.5) is 0 Å². The topological polar surface area (TPSA) is 213 Å². The minimum Gasteiger partial charge on any atom is -0.481 e. The van der Waals surface area contributed by atoms with Gasteiger partial charge in [0.1, 0.15) is 0 Å². The van der Waals surface area contributed by atoms with Crippen molar-refractivity contribution in [3.63, 3.8) is 0 Å². The van der Waals surface area contributed by atoms with Gasteiger partial charge in [-0.2, -0.15) is 0 Å². The Bertz CT molecular complexity index is 300. The zero-order valence-corrected chi connectivity index (χ0v) is 9.41. The Kier molecular flexibility index (Phi) is 8.98. The number of rotatable bonds is 6. The van der Waals surface area contributed by atoms with Gasteiger partial charge in [-0.15, -0.1) is 0 Å². The largest absolute Gasteiger partial charge is 0.481 e. The monoisotopic (exact) mass is 264 g/mol. The van der Waals surface area contributed by atoms with E-state index in [9.17, 15) is 19.2 Å². The van der Waals surface area contributed by atoms with Crippen molar-refractivity contribution in [2.45, 2.75) is 24.9 Å². The van der Waals surface area contributed by atoms with Gasteiger partial charge < -0.3 is 33.1 Å². The Balaban J connectivity index is 0. The predicted molar refractivity (Wildman–Crippen MR) is 58.8 cm³/mol. The molecule has 0 saturated heterocycles. The number of hydrogen-bond donors (Lipinski definition) is 6. The van der Waals surface area contributed by atoms with E-state index < -0.39 is 48.7 Å². The summed E-state index contributed by atoms with van der Waals surface area (Å²) in [5.41, 5.74) is 19.2. The van der Waals surface area contributed by atoms with Crippen LogP contribution in [0.1, 0.15) is 12.8 Å². The Labute approximate surface area is 102 Å². The second-order valence-corrected chi connectivity index (χ2v) is 3.21. The first-order chi connectivity index (χ1) is 8.07. The molecular formula is C8H16N4O6. The van der Waals surface area contributed by atoms with E-state index in [1.54, 1.807) is 0 Å².